The van der Waals surface area contributed by atoms with Crippen molar-refractivity contribution in [3.63, 3.8) is 0 Å². The van der Waals surface area contributed by atoms with Gasteiger partial charge in [-0.1, -0.05) is 6.07 Å². The number of benzene rings is 2. The van der Waals surface area contributed by atoms with Crippen LogP contribution in [-0.4, -0.2) is 40.4 Å². The summed E-state index contributed by atoms with van der Waals surface area (Å²) in [6, 6.07) is 13.4. The van der Waals surface area contributed by atoms with Gasteiger partial charge in [-0.05, 0) is 55.5 Å². The van der Waals surface area contributed by atoms with Gasteiger partial charge in [0.2, 0.25) is 5.91 Å². The van der Waals surface area contributed by atoms with E-state index in [1.807, 2.05) is 31.2 Å². The van der Waals surface area contributed by atoms with Gasteiger partial charge in [0.05, 0.1) is 13.2 Å². The van der Waals surface area contributed by atoms with E-state index in [1.165, 1.54) is 12.1 Å². The van der Waals surface area contributed by atoms with Crippen molar-refractivity contribution in [1.82, 2.24) is 20.1 Å². The summed E-state index contributed by atoms with van der Waals surface area (Å²) in [5.74, 6) is 1.36. The minimum atomic E-state index is -0.364. The smallest absolute Gasteiger partial charge is 0.221 e. The Morgan fingerprint density at radius 2 is 2.00 bits per heavy atom. The zero-order valence-corrected chi connectivity index (χ0v) is 17.4. The highest BCUT2D eigenvalue weighted by Crippen LogP contribution is 2.21. The number of hydrogen-bond acceptors (Lipinski definition) is 5. The second-order valence-electron chi connectivity index (χ2n) is 6.37. The standard InChI is InChI=1S/C21H23FN4O3S/c1-2-28-17-8-6-15(7-9-17)20-24-25-21(30)26(20)12-10-19(27)23-11-13-29-18-5-3-4-16(22)14-18/h3-9,14H,2,10-13H2,1H3,(H,23,27)(H,25,30). The summed E-state index contributed by atoms with van der Waals surface area (Å²) in [5.41, 5.74) is 0.870. The molecule has 1 heterocycles. The van der Waals surface area contributed by atoms with Crippen LogP contribution in [0, 0.1) is 10.6 Å². The first kappa shape index (κ1) is 21.5. The number of nitrogens with one attached hydrogen (secondary N) is 2. The zero-order chi connectivity index (χ0) is 21.3. The minimum absolute atomic E-state index is 0.140. The van der Waals surface area contributed by atoms with Crippen LogP contribution in [0.5, 0.6) is 11.5 Å². The van der Waals surface area contributed by atoms with Crippen LogP contribution in [0.4, 0.5) is 4.39 Å². The molecule has 2 N–H and O–H groups in total. The van der Waals surface area contributed by atoms with E-state index in [4.69, 9.17) is 21.7 Å². The quantitative estimate of drug-likeness (QED) is 0.378. The molecule has 0 saturated heterocycles. The molecule has 3 rings (SSSR count). The van der Waals surface area contributed by atoms with Crippen LogP contribution in [0.25, 0.3) is 11.4 Å². The Balaban J connectivity index is 1.50. The number of aromatic nitrogens is 3. The number of carbonyl (C=O) groups is 1. The van der Waals surface area contributed by atoms with Crippen LogP contribution in [0.15, 0.2) is 48.5 Å². The fourth-order valence-corrected chi connectivity index (χ4v) is 3.05. The van der Waals surface area contributed by atoms with Gasteiger partial charge in [-0.3, -0.25) is 14.5 Å². The molecule has 0 saturated carbocycles. The molecule has 0 fully saturated rings. The fourth-order valence-electron chi connectivity index (χ4n) is 2.83. The average molecular weight is 431 g/mol. The lowest BCUT2D eigenvalue weighted by Gasteiger charge is -2.10. The van der Waals surface area contributed by atoms with E-state index in [2.05, 4.69) is 15.5 Å². The van der Waals surface area contributed by atoms with E-state index in [-0.39, 0.29) is 24.8 Å². The third kappa shape index (κ3) is 5.90. The number of carbonyl (C=O) groups excluding carboxylic acids is 1. The van der Waals surface area contributed by atoms with Gasteiger partial charge in [-0.2, -0.15) is 5.10 Å². The number of nitrogens with zero attached hydrogens (tertiary/aromatic N) is 2. The fraction of sp³-hybridized carbons (Fsp3) is 0.286. The molecule has 0 unspecified atom stereocenters. The van der Waals surface area contributed by atoms with Crippen molar-refractivity contribution in [3.8, 4) is 22.9 Å². The molecule has 0 atom stereocenters. The van der Waals surface area contributed by atoms with Crippen LogP contribution in [-0.2, 0) is 11.3 Å². The van der Waals surface area contributed by atoms with Crippen LogP contribution in [0.2, 0.25) is 0 Å². The Morgan fingerprint density at radius 3 is 2.73 bits per heavy atom. The Hall–Kier alpha value is -3.20. The SMILES string of the molecule is CCOc1ccc(-c2n[nH]c(=S)n2CCC(=O)NCCOc2cccc(F)c2)cc1. The number of aromatic amines is 1. The van der Waals surface area contributed by atoms with Gasteiger partial charge >= 0.3 is 0 Å². The van der Waals surface area contributed by atoms with Crippen molar-refractivity contribution in [1.29, 1.82) is 0 Å². The molecule has 0 radical (unpaired) electrons. The van der Waals surface area contributed by atoms with E-state index in [1.54, 1.807) is 16.7 Å². The Kier molecular flexibility index (Phi) is 7.56. The van der Waals surface area contributed by atoms with Gasteiger partial charge in [0.1, 0.15) is 23.9 Å². The molecule has 1 aromatic heterocycles. The molecule has 30 heavy (non-hydrogen) atoms. The van der Waals surface area contributed by atoms with Gasteiger partial charge in [0.25, 0.3) is 0 Å². The van der Waals surface area contributed by atoms with E-state index in [0.717, 1.165) is 11.3 Å². The maximum atomic E-state index is 13.1. The van der Waals surface area contributed by atoms with E-state index < -0.39 is 0 Å². The molecule has 0 aliphatic heterocycles. The van der Waals surface area contributed by atoms with Gasteiger partial charge in [0.15, 0.2) is 10.6 Å². The highest BCUT2D eigenvalue weighted by Gasteiger charge is 2.11. The zero-order valence-electron chi connectivity index (χ0n) is 16.6. The molecule has 2 aromatic carbocycles. The van der Waals surface area contributed by atoms with Crippen molar-refractivity contribution < 1.29 is 18.7 Å². The average Bonchev–Trinajstić information content (AvgIpc) is 3.11. The highest BCUT2D eigenvalue weighted by atomic mass is 32.1. The van der Waals surface area contributed by atoms with Crippen LogP contribution in [0.3, 0.4) is 0 Å². The van der Waals surface area contributed by atoms with Crippen LogP contribution < -0.4 is 14.8 Å². The molecule has 0 aliphatic rings. The Morgan fingerprint density at radius 1 is 1.20 bits per heavy atom. The molecule has 0 bridgehead atoms. The molecular weight excluding hydrogens is 407 g/mol. The summed E-state index contributed by atoms with van der Waals surface area (Å²) in [6.45, 7) is 3.47. The summed E-state index contributed by atoms with van der Waals surface area (Å²) >= 11 is 5.30. The lowest BCUT2D eigenvalue weighted by atomic mass is 10.2. The van der Waals surface area contributed by atoms with Crippen molar-refractivity contribution in [3.05, 3.63) is 59.1 Å². The normalized spacial score (nSPS) is 10.6. The number of hydrogen-bond donors (Lipinski definition) is 2. The van der Waals surface area contributed by atoms with Crippen molar-refractivity contribution in [2.24, 2.45) is 0 Å². The predicted molar refractivity (Wildman–Crippen MR) is 114 cm³/mol. The Labute approximate surface area is 178 Å². The lowest BCUT2D eigenvalue weighted by molar-refractivity contribution is -0.121. The van der Waals surface area contributed by atoms with Gasteiger partial charge in [-0.15, -0.1) is 0 Å². The second-order valence-corrected chi connectivity index (χ2v) is 6.75. The van der Waals surface area contributed by atoms with Gasteiger partial charge < -0.3 is 14.8 Å². The summed E-state index contributed by atoms with van der Waals surface area (Å²) in [6.07, 6.45) is 0.234. The third-order valence-corrected chi connectivity index (χ3v) is 4.54. The first-order valence-corrected chi connectivity index (χ1v) is 10.0. The Bertz CT molecular complexity index is 1030. The maximum absolute atomic E-state index is 13.1. The number of H-pyrrole nitrogens is 1. The van der Waals surface area contributed by atoms with Crippen molar-refractivity contribution in [2.75, 3.05) is 19.8 Å². The molecule has 0 spiro atoms. The molecular formula is C21H23FN4O3S. The van der Waals surface area contributed by atoms with Crippen LogP contribution >= 0.6 is 12.2 Å². The number of halogens is 1. The molecule has 158 valence electrons. The van der Waals surface area contributed by atoms with E-state index >= 15 is 0 Å². The molecule has 1 amide bonds. The van der Waals surface area contributed by atoms with Crippen molar-refractivity contribution >= 4 is 18.1 Å². The third-order valence-electron chi connectivity index (χ3n) is 4.23. The van der Waals surface area contributed by atoms with Gasteiger partial charge in [-0.25, -0.2) is 4.39 Å². The van der Waals surface area contributed by atoms with Gasteiger partial charge in [0, 0.05) is 24.6 Å². The van der Waals surface area contributed by atoms with Crippen LogP contribution in [0.1, 0.15) is 13.3 Å². The molecule has 9 heteroatoms. The lowest BCUT2D eigenvalue weighted by Crippen LogP contribution is -2.28. The summed E-state index contributed by atoms with van der Waals surface area (Å²) in [5, 5.41) is 9.83. The molecule has 7 nitrogen and oxygen atoms in total. The molecule has 3 aromatic rings. The predicted octanol–water partition coefficient (Wildman–Crippen LogP) is 3.73. The minimum Gasteiger partial charge on any atom is -0.494 e. The number of ether oxygens (including phenoxy) is 2. The maximum Gasteiger partial charge on any atom is 0.221 e. The largest absolute Gasteiger partial charge is 0.494 e. The second kappa shape index (κ2) is 10.5. The van der Waals surface area contributed by atoms with E-state index in [0.29, 0.717) is 36.0 Å². The monoisotopic (exact) mass is 430 g/mol. The number of rotatable bonds is 10. The molecule has 0 aliphatic carbocycles. The first-order chi connectivity index (χ1) is 14.6. The summed E-state index contributed by atoms with van der Waals surface area (Å²) < 4.78 is 26.2. The first-order valence-electron chi connectivity index (χ1n) is 9.60. The van der Waals surface area contributed by atoms with Crippen molar-refractivity contribution in [2.45, 2.75) is 19.9 Å². The summed E-state index contributed by atoms with van der Waals surface area (Å²) in [4.78, 5) is 12.2. The topological polar surface area (TPSA) is 81.2 Å². The number of amides is 1. The van der Waals surface area contributed by atoms with E-state index in [9.17, 15) is 9.18 Å². The highest BCUT2D eigenvalue weighted by molar-refractivity contribution is 7.71. The summed E-state index contributed by atoms with van der Waals surface area (Å²) in [7, 11) is 0.